The van der Waals surface area contributed by atoms with Gasteiger partial charge in [-0.05, 0) is 18.6 Å². The van der Waals surface area contributed by atoms with Gasteiger partial charge < -0.3 is 9.64 Å². The highest BCUT2D eigenvalue weighted by Crippen LogP contribution is 2.23. The predicted molar refractivity (Wildman–Crippen MR) is 61.0 cm³/mol. The topological polar surface area (TPSA) is 36.3 Å². The lowest BCUT2D eigenvalue weighted by Gasteiger charge is -2.22. The summed E-state index contributed by atoms with van der Waals surface area (Å²) < 4.78 is 5.02. The van der Waals surface area contributed by atoms with Crippen LogP contribution in [0.25, 0.3) is 0 Å². The molecule has 0 fully saturated rings. The Hall–Kier alpha value is -1.53. The fourth-order valence-electron chi connectivity index (χ4n) is 1.60. The number of benzene rings is 1. The monoisotopic (exact) mass is 204 g/mol. The summed E-state index contributed by atoms with van der Waals surface area (Å²) in [7, 11) is 3.65. The van der Waals surface area contributed by atoms with Gasteiger partial charge in [0.05, 0.1) is 17.9 Å². The first kappa shape index (κ1) is 11.5. The van der Waals surface area contributed by atoms with Crippen LogP contribution >= 0.6 is 0 Å². The molecule has 0 aliphatic carbocycles. The third-order valence-electron chi connectivity index (χ3n) is 2.37. The predicted octanol–water partition coefficient (Wildman–Crippen LogP) is 1.95. The van der Waals surface area contributed by atoms with Crippen LogP contribution in [0.1, 0.15) is 11.1 Å². The van der Waals surface area contributed by atoms with E-state index in [1.807, 2.05) is 32.2 Å². The number of nitrogens with zero attached hydrogens (tertiary/aromatic N) is 2. The van der Waals surface area contributed by atoms with E-state index in [9.17, 15) is 0 Å². The van der Waals surface area contributed by atoms with E-state index in [4.69, 9.17) is 10.00 Å². The van der Waals surface area contributed by atoms with Crippen LogP contribution in [0.5, 0.6) is 0 Å². The van der Waals surface area contributed by atoms with Crippen LogP contribution in [0.3, 0.4) is 0 Å². The molecule has 0 aromatic heterocycles. The first-order valence-corrected chi connectivity index (χ1v) is 4.90. The van der Waals surface area contributed by atoms with E-state index in [-0.39, 0.29) is 0 Å². The molecule has 0 atom stereocenters. The number of aryl methyl sites for hydroxylation is 1. The van der Waals surface area contributed by atoms with Gasteiger partial charge in [0.15, 0.2) is 0 Å². The molecule has 0 unspecified atom stereocenters. The lowest BCUT2D eigenvalue weighted by atomic mass is 10.1. The minimum atomic E-state index is 0.662. The van der Waals surface area contributed by atoms with E-state index >= 15 is 0 Å². The molecule has 0 aliphatic heterocycles. The van der Waals surface area contributed by atoms with Crippen molar-refractivity contribution < 1.29 is 4.74 Å². The van der Waals surface area contributed by atoms with Gasteiger partial charge in [0, 0.05) is 20.7 Å². The smallest absolute Gasteiger partial charge is 0.101 e. The lowest BCUT2D eigenvalue weighted by Crippen LogP contribution is -2.23. The minimum Gasteiger partial charge on any atom is -0.383 e. The second-order valence-electron chi connectivity index (χ2n) is 3.50. The first-order valence-electron chi connectivity index (χ1n) is 4.90. The first-order chi connectivity index (χ1) is 7.20. The molecule has 0 bridgehead atoms. The number of likely N-dealkylation sites (N-methyl/N-ethyl adjacent to an activating group) is 1. The largest absolute Gasteiger partial charge is 0.383 e. The van der Waals surface area contributed by atoms with Crippen molar-refractivity contribution in [2.24, 2.45) is 0 Å². The average molecular weight is 204 g/mol. The second kappa shape index (κ2) is 5.38. The van der Waals surface area contributed by atoms with Crippen LogP contribution in [0.2, 0.25) is 0 Å². The van der Waals surface area contributed by atoms with Gasteiger partial charge in [-0.1, -0.05) is 12.1 Å². The molecule has 0 heterocycles. The van der Waals surface area contributed by atoms with Crippen molar-refractivity contribution in [2.75, 3.05) is 32.2 Å². The zero-order valence-corrected chi connectivity index (χ0v) is 9.45. The Balaban J connectivity index is 2.96. The van der Waals surface area contributed by atoms with E-state index in [0.717, 1.165) is 17.8 Å². The molecule has 1 aromatic carbocycles. The fraction of sp³-hybridized carbons (Fsp3) is 0.417. The standard InChI is InChI=1S/C12H16N2O/c1-10-5-4-6-11(9-13)12(10)14(2)7-8-15-3/h4-6H,7-8H2,1-3H3. The fourth-order valence-corrected chi connectivity index (χ4v) is 1.60. The highest BCUT2D eigenvalue weighted by molar-refractivity contribution is 5.63. The summed E-state index contributed by atoms with van der Waals surface area (Å²) in [5.74, 6) is 0. The molecule has 80 valence electrons. The number of hydrogen-bond donors (Lipinski definition) is 0. The number of ether oxygens (including phenoxy) is 1. The Morgan fingerprint density at radius 1 is 1.47 bits per heavy atom. The molecule has 0 spiro atoms. The van der Waals surface area contributed by atoms with Crippen molar-refractivity contribution in [1.82, 2.24) is 0 Å². The summed E-state index contributed by atoms with van der Waals surface area (Å²) in [5.41, 5.74) is 2.83. The maximum absolute atomic E-state index is 9.01. The van der Waals surface area contributed by atoms with Crippen molar-refractivity contribution in [2.45, 2.75) is 6.92 Å². The minimum absolute atomic E-state index is 0.662. The molecule has 0 saturated carbocycles. The van der Waals surface area contributed by atoms with E-state index in [1.54, 1.807) is 7.11 Å². The van der Waals surface area contributed by atoms with E-state index in [1.165, 1.54) is 0 Å². The van der Waals surface area contributed by atoms with Gasteiger partial charge in [0.25, 0.3) is 0 Å². The Labute approximate surface area is 90.9 Å². The van der Waals surface area contributed by atoms with Crippen molar-refractivity contribution in [3.63, 3.8) is 0 Å². The van der Waals surface area contributed by atoms with Crippen LogP contribution in [0.4, 0.5) is 5.69 Å². The summed E-state index contributed by atoms with van der Waals surface area (Å²) >= 11 is 0. The summed E-state index contributed by atoms with van der Waals surface area (Å²) in [6.45, 7) is 3.46. The van der Waals surface area contributed by atoms with Gasteiger partial charge in [-0.3, -0.25) is 0 Å². The number of para-hydroxylation sites is 1. The summed E-state index contributed by atoms with van der Waals surface area (Å²) in [5, 5.41) is 9.01. The number of hydrogen-bond acceptors (Lipinski definition) is 3. The summed E-state index contributed by atoms with van der Waals surface area (Å²) in [6.07, 6.45) is 0. The Morgan fingerprint density at radius 3 is 2.80 bits per heavy atom. The molecule has 1 aromatic rings. The summed E-state index contributed by atoms with van der Waals surface area (Å²) in [6, 6.07) is 7.97. The highest BCUT2D eigenvalue weighted by Gasteiger charge is 2.09. The number of nitriles is 1. The molecule has 3 heteroatoms. The third kappa shape index (κ3) is 2.71. The Bertz CT molecular complexity index is 368. The van der Waals surface area contributed by atoms with Crippen LogP contribution in [-0.4, -0.2) is 27.3 Å². The van der Waals surface area contributed by atoms with Crippen molar-refractivity contribution in [1.29, 1.82) is 5.26 Å². The zero-order chi connectivity index (χ0) is 11.3. The van der Waals surface area contributed by atoms with E-state index < -0.39 is 0 Å². The number of anilines is 1. The van der Waals surface area contributed by atoms with Gasteiger partial charge in [-0.15, -0.1) is 0 Å². The SMILES string of the molecule is COCCN(C)c1c(C)cccc1C#N. The van der Waals surface area contributed by atoms with Crippen molar-refractivity contribution in [3.05, 3.63) is 29.3 Å². The molecule has 0 saturated heterocycles. The van der Waals surface area contributed by atoms with Crippen molar-refractivity contribution in [3.8, 4) is 6.07 Å². The molecule has 15 heavy (non-hydrogen) atoms. The Kier molecular flexibility index (Phi) is 4.14. The van der Waals surface area contributed by atoms with Crippen LogP contribution < -0.4 is 4.90 Å². The lowest BCUT2D eigenvalue weighted by molar-refractivity contribution is 0.206. The maximum atomic E-state index is 9.01. The molecule has 0 radical (unpaired) electrons. The van der Waals surface area contributed by atoms with E-state index in [2.05, 4.69) is 11.0 Å². The summed E-state index contributed by atoms with van der Waals surface area (Å²) in [4.78, 5) is 2.05. The average Bonchev–Trinajstić information content (AvgIpc) is 2.25. The van der Waals surface area contributed by atoms with Gasteiger partial charge in [0.1, 0.15) is 6.07 Å². The van der Waals surface area contributed by atoms with Crippen molar-refractivity contribution >= 4 is 5.69 Å². The van der Waals surface area contributed by atoms with Gasteiger partial charge >= 0.3 is 0 Å². The molecule has 0 N–H and O–H groups in total. The van der Waals surface area contributed by atoms with E-state index in [0.29, 0.717) is 12.2 Å². The number of rotatable bonds is 4. The molecule has 0 aliphatic rings. The van der Waals surface area contributed by atoms with Gasteiger partial charge in [0.2, 0.25) is 0 Å². The molecule has 3 nitrogen and oxygen atoms in total. The number of methoxy groups -OCH3 is 1. The second-order valence-corrected chi connectivity index (χ2v) is 3.50. The Morgan fingerprint density at radius 2 is 2.20 bits per heavy atom. The van der Waals surface area contributed by atoms with Gasteiger partial charge in [-0.25, -0.2) is 0 Å². The quantitative estimate of drug-likeness (QED) is 0.752. The molecular formula is C12H16N2O. The molecule has 1 rings (SSSR count). The highest BCUT2D eigenvalue weighted by atomic mass is 16.5. The molecular weight excluding hydrogens is 188 g/mol. The third-order valence-corrected chi connectivity index (χ3v) is 2.37. The normalized spacial score (nSPS) is 9.73. The maximum Gasteiger partial charge on any atom is 0.101 e. The van der Waals surface area contributed by atoms with Crippen LogP contribution in [-0.2, 0) is 4.74 Å². The van der Waals surface area contributed by atoms with Crippen LogP contribution in [0, 0.1) is 18.3 Å². The molecule has 0 amide bonds. The zero-order valence-electron chi connectivity index (χ0n) is 9.45. The van der Waals surface area contributed by atoms with Gasteiger partial charge in [-0.2, -0.15) is 5.26 Å². The van der Waals surface area contributed by atoms with Crippen LogP contribution in [0.15, 0.2) is 18.2 Å².